The molecule has 0 aliphatic heterocycles. The Morgan fingerprint density at radius 2 is 1.57 bits per heavy atom. The van der Waals surface area contributed by atoms with Gasteiger partial charge < -0.3 is 10.4 Å². The first-order valence-electron chi connectivity index (χ1n) is 7.03. The van der Waals surface area contributed by atoms with Crippen LogP contribution in [0.25, 0.3) is 0 Å². The summed E-state index contributed by atoms with van der Waals surface area (Å²) in [5.74, 6) is -1.14. The second-order valence-corrected chi connectivity index (χ2v) is 7.42. The number of carboxylic acid groups (broad SMARTS) is 1. The van der Waals surface area contributed by atoms with E-state index in [1.165, 1.54) is 13.8 Å². The van der Waals surface area contributed by atoms with Crippen LogP contribution in [-0.2, 0) is 19.6 Å². The van der Waals surface area contributed by atoms with Crippen LogP contribution in [0.5, 0.6) is 0 Å². The fourth-order valence-corrected chi connectivity index (χ4v) is 2.88. The summed E-state index contributed by atoms with van der Waals surface area (Å²) in [7, 11) is -3.44. The van der Waals surface area contributed by atoms with Crippen LogP contribution < -0.4 is 10.0 Å². The van der Waals surface area contributed by atoms with Gasteiger partial charge in [0.2, 0.25) is 15.9 Å². The lowest BCUT2D eigenvalue weighted by molar-refractivity contribution is -0.137. The lowest BCUT2D eigenvalue weighted by Crippen LogP contribution is -2.54. The van der Waals surface area contributed by atoms with Crippen LogP contribution in [0, 0.1) is 0 Å². The first-order chi connectivity index (χ1) is 9.54. The summed E-state index contributed by atoms with van der Waals surface area (Å²) in [4.78, 5) is 22.2. The fraction of sp³-hybridized carbons (Fsp3) is 0.846. The molecule has 124 valence electrons. The van der Waals surface area contributed by atoms with Gasteiger partial charge in [0.05, 0.1) is 6.26 Å². The molecular weight excluding hydrogens is 296 g/mol. The van der Waals surface area contributed by atoms with Gasteiger partial charge in [-0.15, -0.1) is 0 Å². The Balaban J connectivity index is 3.77. The molecule has 0 unspecified atom stereocenters. The zero-order valence-corrected chi connectivity index (χ0v) is 13.8. The van der Waals surface area contributed by atoms with Crippen molar-refractivity contribution in [2.75, 3.05) is 12.8 Å². The average Bonchev–Trinajstić information content (AvgIpc) is 2.28. The number of hydrogen-bond acceptors (Lipinski definition) is 4. The van der Waals surface area contributed by atoms with Gasteiger partial charge in [-0.1, -0.05) is 19.3 Å². The summed E-state index contributed by atoms with van der Waals surface area (Å²) in [6.07, 6.45) is 5.36. The quantitative estimate of drug-likeness (QED) is 0.488. The molecule has 0 saturated carbocycles. The van der Waals surface area contributed by atoms with Crippen molar-refractivity contribution >= 4 is 21.9 Å². The molecule has 0 saturated heterocycles. The highest BCUT2D eigenvalue weighted by atomic mass is 32.2. The molecule has 0 rings (SSSR count). The van der Waals surface area contributed by atoms with Gasteiger partial charge in [-0.25, -0.2) is 13.1 Å². The minimum absolute atomic E-state index is 0.197. The smallest absolute Gasteiger partial charge is 0.303 e. The Hall–Kier alpha value is -1.15. The van der Waals surface area contributed by atoms with Crippen LogP contribution in [0.3, 0.4) is 0 Å². The number of carboxylic acids is 1. The number of nitrogens with one attached hydrogen (secondary N) is 2. The maximum absolute atomic E-state index is 11.8. The van der Waals surface area contributed by atoms with Crippen molar-refractivity contribution in [1.29, 1.82) is 0 Å². The van der Waals surface area contributed by atoms with Crippen molar-refractivity contribution in [3.05, 3.63) is 0 Å². The van der Waals surface area contributed by atoms with Crippen LogP contribution >= 0.6 is 0 Å². The van der Waals surface area contributed by atoms with Crippen molar-refractivity contribution in [3.8, 4) is 0 Å². The van der Waals surface area contributed by atoms with Crippen molar-refractivity contribution in [3.63, 3.8) is 0 Å². The van der Waals surface area contributed by atoms with Crippen molar-refractivity contribution < 1.29 is 23.1 Å². The SMILES string of the molecule is CC(C)(NS(C)(=O)=O)C(=O)NCCCCCCCC(=O)O. The van der Waals surface area contributed by atoms with Gasteiger partial charge >= 0.3 is 5.97 Å². The van der Waals surface area contributed by atoms with Gasteiger partial charge in [-0.2, -0.15) is 0 Å². The number of carbonyl (C=O) groups excluding carboxylic acids is 1. The molecule has 0 atom stereocenters. The van der Waals surface area contributed by atoms with Gasteiger partial charge in [-0.3, -0.25) is 9.59 Å². The molecule has 3 N–H and O–H groups in total. The predicted octanol–water partition coefficient (Wildman–Crippen LogP) is 0.856. The molecule has 21 heavy (non-hydrogen) atoms. The number of aliphatic carboxylic acids is 1. The van der Waals surface area contributed by atoms with Gasteiger partial charge in [-0.05, 0) is 26.7 Å². The van der Waals surface area contributed by atoms with Gasteiger partial charge in [0, 0.05) is 13.0 Å². The predicted molar refractivity (Wildman–Crippen MR) is 80.4 cm³/mol. The van der Waals surface area contributed by atoms with Gasteiger partial charge in [0.15, 0.2) is 0 Å². The number of rotatable bonds is 11. The van der Waals surface area contributed by atoms with Crippen molar-refractivity contribution in [1.82, 2.24) is 10.0 Å². The number of unbranched alkanes of at least 4 members (excludes halogenated alkanes) is 4. The van der Waals surface area contributed by atoms with Crippen LogP contribution in [0.2, 0.25) is 0 Å². The van der Waals surface area contributed by atoms with E-state index < -0.39 is 21.5 Å². The van der Waals surface area contributed by atoms with Crippen LogP contribution in [0.4, 0.5) is 0 Å². The molecule has 1 amide bonds. The van der Waals surface area contributed by atoms with E-state index in [1.54, 1.807) is 0 Å². The summed E-state index contributed by atoms with van der Waals surface area (Å²) in [5, 5.41) is 11.2. The Morgan fingerprint density at radius 3 is 2.10 bits per heavy atom. The van der Waals surface area contributed by atoms with Gasteiger partial charge in [0.1, 0.15) is 5.54 Å². The van der Waals surface area contributed by atoms with Crippen molar-refractivity contribution in [2.24, 2.45) is 0 Å². The molecule has 0 aromatic heterocycles. The highest BCUT2D eigenvalue weighted by molar-refractivity contribution is 7.88. The molecule has 0 aliphatic carbocycles. The van der Waals surface area contributed by atoms with Crippen LogP contribution in [0.1, 0.15) is 52.4 Å². The molecule has 0 aromatic carbocycles. The third-order valence-electron chi connectivity index (χ3n) is 2.86. The van der Waals surface area contributed by atoms with E-state index >= 15 is 0 Å². The number of sulfonamides is 1. The zero-order valence-electron chi connectivity index (χ0n) is 12.9. The maximum atomic E-state index is 11.8. The molecule has 0 aromatic rings. The minimum Gasteiger partial charge on any atom is -0.481 e. The third-order valence-corrected chi connectivity index (χ3v) is 3.74. The first-order valence-corrected chi connectivity index (χ1v) is 8.93. The molecule has 0 heterocycles. The van der Waals surface area contributed by atoms with E-state index in [0.717, 1.165) is 31.9 Å². The highest BCUT2D eigenvalue weighted by Crippen LogP contribution is 2.06. The monoisotopic (exact) mass is 322 g/mol. The van der Waals surface area contributed by atoms with Crippen LogP contribution in [-0.4, -0.2) is 43.7 Å². The molecular formula is C13H26N2O5S. The van der Waals surface area contributed by atoms with Crippen LogP contribution in [0.15, 0.2) is 0 Å². The van der Waals surface area contributed by atoms with E-state index in [-0.39, 0.29) is 12.3 Å². The zero-order chi connectivity index (χ0) is 16.5. The van der Waals surface area contributed by atoms with E-state index in [9.17, 15) is 18.0 Å². The Morgan fingerprint density at radius 1 is 1.05 bits per heavy atom. The van der Waals surface area contributed by atoms with E-state index in [1.807, 2.05) is 0 Å². The summed E-state index contributed by atoms with van der Waals surface area (Å²) < 4.78 is 24.6. The lowest BCUT2D eigenvalue weighted by Gasteiger charge is -2.23. The molecule has 0 bridgehead atoms. The Labute approximate surface area is 126 Å². The molecule has 0 radical (unpaired) electrons. The Kier molecular flexibility index (Phi) is 8.50. The largest absolute Gasteiger partial charge is 0.481 e. The molecule has 8 heteroatoms. The van der Waals surface area contributed by atoms with Gasteiger partial charge in [0.25, 0.3) is 0 Å². The van der Waals surface area contributed by atoms with E-state index in [2.05, 4.69) is 10.0 Å². The summed E-state index contributed by atoms with van der Waals surface area (Å²) in [5.41, 5.74) is -1.17. The summed E-state index contributed by atoms with van der Waals surface area (Å²) in [6.45, 7) is 3.50. The standard InChI is InChI=1S/C13H26N2O5S/c1-13(2,15-21(3,19)20)12(18)14-10-8-6-4-5-7-9-11(16)17/h15H,4-10H2,1-3H3,(H,14,18)(H,16,17). The van der Waals surface area contributed by atoms with E-state index in [4.69, 9.17) is 5.11 Å². The average molecular weight is 322 g/mol. The fourth-order valence-electron chi connectivity index (χ4n) is 1.86. The Bertz CT molecular complexity index is 445. The second kappa shape index (κ2) is 8.99. The lowest BCUT2D eigenvalue weighted by atomic mass is 10.1. The number of carbonyl (C=O) groups is 2. The third kappa shape index (κ3) is 11.2. The topological polar surface area (TPSA) is 113 Å². The maximum Gasteiger partial charge on any atom is 0.303 e. The second-order valence-electron chi connectivity index (χ2n) is 5.67. The summed E-state index contributed by atoms with van der Waals surface area (Å²) >= 11 is 0. The first kappa shape index (κ1) is 19.9. The molecule has 0 fully saturated rings. The normalized spacial score (nSPS) is 12.1. The molecule has 0 aliphatic rings. The van der Waals surface area contributed by atoms with Crippen molar-refractivity contribution in [2.45, 2.75) is 57.9 Å². The summed E-state index contributed by atoms with van der Waals surface area (Å²) in [6, 6.07) is 0. The number of amides is 1. The molecule has 0 spiro atoms. The highest BCUT2D eigenvalue weighted by Gasteiger charge is 2.30. The molecule has 7 nitrogen and oxygen atoms in total. The number of hydrogen-bond donors (Lipinski definition) is 3. The van der Waals surface area contributed by atoms with E-state index in [0.29, 0.717) is 13.0 Å². The minimum atomic E-state index is -3.44.